The molecule has 3 N–H and O–H groups in total. The summed E-state index contributed by atoms with van der Waals surface area (Å²) in [5.41, 5.74) is 0.0242. The van der Waals surface area contributed by atoms with Crippen LogP contribution in [0, 0.1) is 0 Å². The van der Waals surface area contributed by atoms with Crippen molar-refractivity contribution in [2.75, 3.05) is 20.3 Å². The first-order valence-electron chi connectivity index (χ1n) is 5.06. The first-order valence-corrected chi connectivity index (χ1v) is 7.78. The Labute approximate surface area is 124 Å². The van der Waals surface area contributed by atoms with Crippen LogP contribution in [0.3, 0.4) is 0 Å². The number of hydrogen-bond donors (Lipinski definition) is 2. The fourth-order valence-electron chi connectivity index (χ4n) is 1.30. The van der Waals surface area contributed by atoms with Gasteiger partial charge < -0.3 is 10.1 Å². The Balaban J connectivity index is 3.15. The number of nitrogens with two attached hydrogens (primary N) is 1. The Morgan fingerprint density at radius 2 is 2.16 bits per heavy atom. The molecule has 1 amide bonds. The van der Waals surface area contributed by atoms with Crippen molar-refractivity contribution >= 4 is 43.5 Å². The third kappa shape index (κ3) is 4.43. The molecule has 0 saturated heterocycles. The highest BCUT2D eigenvalue weighted by molar-refractivity contribution is 9.10. The van der Waals surface area contributed by atoms with Crippen LogP contribution in [0.1, 0.15) is 10.4 Å². The predicted molar refractivity (Wildman–Crippen MR) is 74.7 cm³/mol. The summed E-state index contributed by atoms with van der Waals surface area (Å²) in [6.45, 7) is 0.613. The van der Waals surface area contributed by atoms with Crippen molar-refractivity contribution in [3.63, 3.8) is 0 Å². The van der Waals surface area contributed by atoms with Gasteiger partial charge in [0, 0.05) is 18.1 Å². The summed E-state index contributed by atoms with van der Waals surface area (Å²) < 4.78 is 27.9. The predicted octanol–water partition coefficient (Wildman–Crippen LogP) is 1.13. The van der Waals surface area contributed by atoms with Crippen molar-refractivity contribution in [2.24, 2.45) is 5.14 Å². The number of nitrogens with one attached hydrogen (secondary N) is 1. The van der Waals surface area contributed by atoms with Crippen LogP contribution in [0.5, 0.6) is 0 Å². The van der Waals surface area contributed by atoms with E-state index in [1.807, 2.05) is 0 Å². The molecule has 0 aromatic heterocycles. The number of carbonyl (C=O) groups excluding carboxylic acids is 1. The molecule has 0 bridgehead atoms. The van der Waals surface area contributed by atoms with Crippen molar-refractivity contribution in [1.29, 1.82) is 0 Å². The van der Waals surface area contributed by atoms with Gasteiger partial charge in [-0.1, -0.05) is 27.5 Å². The molecular formula is C10H12BrClN2O4S. The van der Waals surface area contributed by atoms with E-state index in [1.165, 1.54) is 19.2 Å². The number of carbonyl (C=O) groups is 1. The lowest BCUT2D eigenvalue weighted by atomic mass is 10.2. The van der Waals surface area contributed by atoms with Crippen LogP contribution in [0.2, 0.25) is 5.02 Å². The molecule has 0 heterocycles. The van der Waals surface area contributed by atoms with E-state index in [4.69, 9.17) is 21.5 Å². The minimum Gasteiger partial charge on any atom is -0.383 e. The lowest BCUT2D eigenvalue weighted by molar-refractivity contribution is 0.0937. The van der Waals surface area contributed by atoms with Gasteiger partial charge in [-0.2, -0.15) is 0 Å². The van der Waals surface area contributed by atoms with Crippen molar-refractivity contribution in [2.45, 2.75) is 4.90 Å². The highest BCUT2D eigenvalue weighted by atomic mass is 79.9. The fraction of sp³-hybridized carbons (Fsp3) is 0.300. The van der Waals surface area contributed by atoms with E-state index in [0.717, 1.165) is 0 Å². The average molecular weight is 372 g/mol. The first-order chi connectivity index (χ1) is 8.77. The van der Waals surface area contributed by atoms with E-state index >= 15 is 0 Å². The molecule has 6 nitrogen and oxygen atoms in total. The van der Waals surface area contributed by atoms with Gasteiger partial charge in [0.1, 0.15) is 4.90 Å². The zero-order chi connectivity index (χ0) is 14.6. The topological polar surface area (TPSA) is 98.5 Å². The molecule has 0 aliphatic heterocycles. The van der Waals surface area contributed by atoms with Crippen LogP contribution in [-0.4, -0.2) is 34.6 Å². The van der Waals surface area contributed by atoms with Crippen LogP contribution in [-0.2, 0) is 14.8 Å². The number of primary sulfonamides is 1. The number of ether oxygens (including phenoxy) is 1. The molecule has 1 rings (SSSR count). The SMILES string of the molecule is COCCNC(=O)c1cc(Br)cc(S(N)(=O)=O)c1Cl. The first kappa shape index (κ1) is 16.4. The molecule has 1 aromatic carbocycles. The molecule has 0 unspecified atom stereocenters. The lowest BCUT2D eigenvalue weighted by Crippen LogP contribution is -2.27. The van der Waals surface area contributed by atoms with E-state index in [0.29, 0.717) is 11.1 Å². The molecule has 0 saturated carbocycles. The lowest BCUT2D eigenvalue weighted by Gasteiger charge is -2.10. The Morgan fingerprint density at radius 1 is 1.53 bits per heavy atom. The minimum atomic E-state index is -4.00. The Hall–Kier alpha value is -0.670. The van der Waals surface area contributed by atoms with Crippen LogP contribution >= 0.6 is 27.5 Å². The molecule has 0 radical (unpaired) electrons. The number of hydrogen-bond acceptors (Lipinski definition) is 4. The smallest absolute Gasteiger partial charge is 0.252 e. The second kappa shape index (κ2) is 6.67. The van der Waals surface area contributed by atoms with Crippen molar-refractivity contribution < 1.29 is 17.9 Å². The van der Waals surface area contributed by atoms with Gasteiger partial charge in [0.25, 0.3) is 5.91 Å². The number of sulfonamides is 1. The van der Waals surface area contributed by atoms with E-state index in [-0.39, 0.29) is 22.0 Å². The normalized spacial score (nSPS) is 11.4. The molecule has 1 aromatic rings. The molecule has 0 atom stereocenters. The maximum Gasteiger partial charge on any atom is 0.252 e. The zero-order valence-corrected chi connectivity index (χ0v) is 13.1. The molecule has 0 spiro atoms. The van der Waals surface area contributed by atoms with E-state index in [9.17, 15) is 13.2 Å². The molecule has 0 aliphatic carbocycles. The molecule has 0 aliphatic rings. The quantitative estimate of drug-likeness (QED) is 0.758. The molecule has 9 heteroatoms. The Morgan fingerprint density at radius 3 is 2.68 bits per heavy atom. The van der Waals surface area contributed by atoms with Crippen LogP contribution in [0.15, 0.2) is 21.5 Å². The van der Waals surface area contributed by atoms with Crippen LogP contribution in [0.4, 0.5) is 0 Å². The summed E-state index contributed by atoms with van der Waals surface area (Å²) in [5.74, 6) is -0.506. The molecule has 19 heavy (non-hydrogen) atoms. The maximum atomic E-state index is 11.9. The van der Waals surface area contributed by atoms with Gasteiger partial charge >= 0.3 is 0 Å². The van der Waals surface area contributed by atoms with Gasteiger partial charge in [-0.25, -0.2) is 13.6 Å². The van der Waals surface area contributed by atoms with Crippen molar-refractivity contribution in [3.8, 4) is 0 Å². The second-order valence-electron chi connectivity index (χ2n) is 3.56. The number of rotatable bonds is 5. The zero-order valence-electron chi connectivity index (χ0n) is 9.94. The Bertz CT molecular complexity index is 591. The summed E-state index contributed by atoms with van der Waals surface area (Å²) in [6, 6.07) is 2.66. The summed E-state index contributed by atoms with van der Waals surface area (Å²) in [7, 11) is -2.51. The molecule has 0 fully saturated rings. The summed E-state index contributed by atoms with van der Waals surface area (Å²) in [5, 5.41) is 7.37. The minimum absolute atomic E-state index is 0.0242. The van der Waals surface area contributed by atoms with Crippen molar-refractivity contribution in [3.05, 3.63) is 27.2 Å². The molecule has 106 valence electrons. The van der Waals surface area contributed by atoms with Crippen LogP contribution < -0.4 is 10.5 Å². The van der Waals surface area contributed by atoms with Gasteiger partial charge in [0.05, 0.1) is 17.2 Å². The highest BCUT2D eigenvalue weighted by Gasteiger charge is 2.20. The maximum absolute atomic E-state index is 11.9. The largest absolute Gasteiger partial charge is 0.383 e. The summed E-state index contributed by atoms with van der Waals surface area (Å²) >= 11 is 9.01. The van der Waals surface area contributed by atoms with E-state index in [2.05, 4.69) is 21.2 Å². The fourth-order valence-corrected chi connectivity index (χ4v) is 3.08. The second-order valence-corrected chi connectivity index (χ2v) is 6.38. The van der Waals surface area contributed by atoms with Gasteiger partial charge in [-0.3, -0.25) is 4.79 Å². The number of benzene rings is 1. The Kier molecular flexibility index (Phi) is 5.75. The third-order valence-electron chi connectivity index (χ3n) is 2.15. The number of halogens is 2. The summed E-state index contributed by atoms with van der Waals surface area (Å²) in [6.07, 6.45) is 0. The monoisotopic (exact) mass is 370 g/mol. The molecular weight excluding hydrogens is 360 g/mol. The van der Waals surface area contributed by atoms with E-state index in [1.54, 1.807) is 0 Å². The standard InChI is InChI=1S/C10H12BrClN2O4S/c1-18-3-2-14-10(15)7-4-6(11)5-8(9(7)12)19(13,16)17/h4-5H,2-3H2,1H3,(H,14,15)(H2,13,16,17). The summed E-state index contributed by atoms with van der Waals surface area (Å²) in [4.78, 5) is 11.6. The van der Waals surface area contributed by atoms with Crippen LogP contribution in [0.25, 0.3) is 0 Å². The third-order valence-corrected chi connectivity index (χ3v) is 4.06. The van der Waals surface area contributed by atoms with Gasteiger partial charge in [-0.05, 0) is 12.1 Å². The van der Waals surface area contributed by atoms with Gasteiger partial charge in [0.15, 0.2) is 0 Å². The van der Waals surface area contributed by atoms with Gasteiger partial charge in [-0.15, -0.1) is 0 Å². The van der Waals surface area contributed by atoms with Gasteiger partial charge in [0.2, 0.25) is 10.0 Å². The highest BCUT2D eigenvalue weighted by Crippen LogP contribution is 2.28. The van der Waals surface area contributed by atoms with Crippen molar-refractivity contribution in [1.82, 2.24) is 5.32 Å². The number of methoxy groups -OCH3 is 1. The average Bonchev–Trinajstić information content (AvgIpc) is 2.30. The number of amides is 1. The van der Waals surface area contributed by atoms with E-state index < -0.39 is 15.9 Å².